The molecular formula is C14H18Cl2N2O2S2. The minimum Gasteiger partial charge on any atom is -0.330 e. The zero-order chi connectivity index (χ0) is 15.2. The zero-order valence-electron chi connectivity index (χ0n) is 12.1. The van der Waals surface area contributed by atoms with Gasteiger partial charge in [0.1, 0.15) is 4.90 Å². The molecule has 1 aliphatic rings. The SMILES string of the molecule is Cc1sc2ccc(Cl)cc2c1S(=O)(=O)N1CCC(CN)C1.Cl. The molecule has 1 atom stereocenters. The van der Waals surface area contributed by atoms with Gasteiger partial charge in [-0.05, 0) is 44.0 Å². The Balaban J connectivity index is 0.00000176. The van der Waals surface area contributed by atoms with Crippen LogP contribution in [-0.4, -0.2) is 32.4 Å². The molecule has 1 unspecified atom stereocenters. The van der Waals surface area contributed by atoms with Gasteiger partial charge in [-0.25, -0.2) is 8.42 Å². The molecule has 3 rings (SSSR count). The average molecular weight is 381 g/mol. The minimum absolute atomic E-state index is 0. The number of nitrogens with two attached hydrogens (primary N) is 1. The molecule has 0 saturated carbocycles. The summed E-state index contributed by atoms with van der Waals surface area (Å²) >= 11 is 7.53. The van der Waals surface area contributed by atoms with Crippen LogP contribution in [0.15, 0.2) is 23.1 Å². The number of aryl methyl sites for hydroxylation is 1. The highest BCUT2D eigenvalue weighted by Crippen LogP contribution is 2.38. The van der Waals surface area contributed by atoms with Crippen molar-refractivity contribution >= 4 is 55.5 Å². The van der Waals surface area contributed by atoms with E-state index >= 15 is 0 Å². The molecule has 1 aliphatic heterocycles. The Morgan fingerprint density at radius 3 is 2.82 bits per heavy atom. The molecule has 2 N–H and O–H groups in total. The summed E-state index contributed by atoms with van der Waals surface area (Å²) in [6.07, 6.45) is 0.831. The van der Waals surface area contributed by atoms with Gasteiger partial charge < -0.3 is 5.73 Å². The van der Waals surface area contributed by atoms with E-state index in [0.717, 1.165) is 21.4 Å². The Kier molecular flexibility index (Phi) is 5.42. The summed E-state index contributed by atoms with van der Waals surface area (Å²) in [6.45, 7) is 3.43. The van der Waals surface area contributed by atoms with Crippen LogP contribution in [0.3, 0.4) is 0 Å². The Hall–Kier alpha value is -0.370. The van der Waals surface area contributed by atoms with Gasteiger partial charge in [0.15, 0.2) is 0 Å². The van der Waals surface area contributed by atoms with Gasteiger partial charge in [-0.2, -0.15) is 4.31 Å². The number of sulfonamides is 1. The van der Waals surface area contributed by atoms with Gasteiger partial charge in [-0.3, -0.25) is 0 Å². The highest BCUT2D eigenvalue weighted by Gasteiger charge is 2.34. The Labute approximate surface area is 145 Å². The number of hydrogen-bond acceptors (Lipinski definition) is 4. The number of fused-ring (bicyclic) bond motifs is 1. The minimum atomic E-state index is -3.48. The van der Waals surface area contributed by atoms with E-state index in [1.165, 1.54) is 11.3 Å². The van der Waals surface area contributed by atoms with Gasteiger partial charge in [0.05, 0.1) is 0 Å². The maximum Gasteiger partial charge on any atom is 0.244 e. The monoisotopic (exact) mass is 380 g/mol. The standard InChI is InChI=1S/C14H17ClN2O2S2.ClH/c1-9-14(12-6-11(15)2-3-13(12)20-9)21(18,19)17-5-4-10(7-16)8-17;/h2-3,6,10H,4-5,7-8,16H2,1H3;1H. The summed E-state index contributed by atoms with van der Waals surface area (Å²) in [5.74, 6) is 0.258. The van der Waals surface area contributed by atoms with E-state index in [-0.39, 0.29) is 18.3 Å². The molecule has 0 radical (unpaired) electrons. The lowest BCUT2D eigenvalue weighted by atomic mass is 10.1. The number of thiophene rings is 1. The second-order valence-corrected chi connectivity index (χ2v) is 8.95. The van der Waals surface area contributed by atoms with Gasteiger partial charge >= 0.3 is 0 Å². The summed E-state index contributed by atoms with van der Waals surface area (Å²) < 4.78 is 28.4. The second kappa shape index (κ2) is 6.63. The highest BCUT2D eigenvalue weighted by atomic mass is 35.5. The van der Waals surface area contributed by atoms with Crippen molar-refractivity contribution in [3.8, 4) is 0 Å². The third-order valence-corrected chi connectivity index (χ3v) is 7.45. The number of rotatable bonds is 3. The third-order valence-electron chi connectivity index (χ3n) is 3.95. The van der Waals surface area contributed by atoms with Crippen molar-refractivity contribution in [2.45, 2.75) is 18.2 Å². The third kappa shape index (κ3) is 3.00. The van der Waals surface area contributed by atoms with Crippen molar-refractivity contribution in [2.24, 2.45) is 11.7 Å². The highest BCUT2D eigenvalue weighted by molar-refractivity contribution is 7.89. The lowest BCUT2D eigenvalue weighted by Gasteiger charge is -2.16. The molecular weight excluding hydrogens is 363 g/mol. The first kappa shape index (κ1) is 18.0. The molecule has 1 saturated heterocycles. The fourth-order valence-corrected chi connectivity index (χ4v) is 6.27. The fourth-order valence-electron chi connectivity index (χ4n) is 2.83. The van der Waals surface area contributed by atoms with E-state index in [1.807, 2.05) is 13.0 Å². The van der Waals surface area contributed by atoms with Crippen molar-refractivity contribution in [1.82, 2.24) is 4.31 Å². The van der Waals surface area contributed by atoms with Crippen LogP contribution in [0.1, 0.15) is 11.3 Å². The largest absolute Gasteiger partial charge is 0.330 e. The molecule has 1 aromatic heterocycles. The van der Waals surface area contributed by atoms with E-state index in [2.05, 4.69) is 0 Å². The van der Waals surface area contributed by atoms with Gasteiger partial charge in [0, 0.05) is 33.1 Å². The van der Waals surface area contributed by atoms with E-state index in [0.29, 0.717) is 29.6 Å². The van der Waals surface area contributed by atoms with Crippen LogP contribution in [-0.2, 0) is 10.0 Å². The number of halogens is 2. The molecule has 0 amide bonds. The second-order valence-electron chi connectivity index (χ2n) is 5.38. The van der Waals surface area contributed by atoms with Crippen molar-refractivity contribution in [3.63, 3.8) is 0 Å². The van der Waals surface area contributed by atoms with Crippen molar-refractivity contribution in [3.05, 3.63) is 28.1 Å². The van der Waals surface area contributed by atoms with Crippen molar-refractivity contribution in [2.75, 3.05) is 19.6 Å². The van der Waals surface area contributed by atoms with Crippen LogP contribution < -0.4 is 5.73 Å². The molecule has 2 aromatic rings. The lowest BCUT2D eigenvalue weighted by molar-refractivity contribution is 0.459. The quantitative estimate of drug-likeness (QED) is 0.888. The summed E-state index contributed by atoms with van der Waals surface area (Å²) in [7, 11) is -3.48. The molecule has 8 heteroatoms. The normalized spacial score (nSPS) is 19.5. The average Bonchev–Trinajstić information content (AvgIpc) is 3.02. The zero-order valence-corrected chi connectivity index (χ0v) is 15.3. The first-order valence-corrected chi connectivity index (χ1v) is 9.46. The lowest BCUT2D eigenvalue weighted by Crippen LogP contribution is -2.30. The first-order chi connectivity index (χ1) is 9.93. The Bertz CT molecular complexity index is 789. The van der Waals surface area contributed by atoms with Crippen molar-refractivity contribution < 1.29 is 8.42 Å². The number of benzene rings is 1. The molecule has 1 fully saturated rings. The van der Waals surface area contributed by atoms with E-state index in [1.54, 1.807) is 16.4 Å². The molecule has 2 heterocycles. The molecule has 0 spiro atoms. The molecule has 0 bridgehead atoms. The van der Waals surface area contributed by atoms with Crippen LogP contribution in [0.5, 0.6) is 0 Å². The predicted molar refractivity (Wildman–Crippen MR) is 94.7 cm³/mol. The van der Waals surface area contributed by atoms with Crippen LogP contribution >= 0.6 is 35.3 Å². The van der Waals surface area contributed by atoms with Crippen molar-refractivity contribution in [1.29, 1.82) is 0 Å². The van der Waals surface area contributed by atoms with E-state index < -0.39 is 10.0 Å². The van der Waals surface area contributed by atoms with Gasteiger partial charge in [-0.15, -0.1) is 23.7 Å². The van der Waals surface area contributed by atoms with E-state index in [9.17, 15) is 8.42 Å². The molecule has 122 valence electrons. The topological polar surface area (TPSA) is 63.4 Å². The summed E-state index contributed by atoms with van der Waals surface area (Å²) in [5.41, 5.74) is 5.66. The van der Waals surface area contributed by atoms with E-state index in [4.69, 9.17) is 17.3 Å². The number of nitrogens with zero attached hydrogens (tertiary/aromatic N) is 1. The Morgan fingerprint density at radius 1 is 1.45 bits per heavy atom. The summed E-state index contributed by atoms with van der Waals surface area (Å²) in [6, 6.07) is 5.40. The van der Waals surface area contributed by atoms with Crippen LogP contribution in [0.25, 0.3) is 10.1 Å². The van der Waals surface area contributed by atoms with Crippen LogP contribution in [0.4, 0.5) is 0 Å². The number of hydrogen-bond donors (Lipinski definition) is 1. The predicted octanol–water partition coefficient (Wildman–Crippen LogP) is 3.25. The Morgan fingerprint density at radius 2 is 2.18 bits per heavy atom. The molecule has 22 heavy (non-hydrogen) atoms. The summed E-state index contributed by atoms with van der Waals surface area (Å²) in [4.78, 5) is 1.21. The van der Waals surface area contributed by atoms with Crippen LogP contribution in [0, 0.1) is 12.8 Å². The van der Waals surface area contributed by atoms with Gasteiger partial charge in [0.25, 0.3) is 0 Å². The van der Waals surface area contributed by atoms with Gasteiger partial charge in [0.2, 0.25) is 10.0 Å². The molecule has 0 aliphatic carbocycles. The summed E-state index contributed by atoms with van der Waals surface area (Å²) in [5, 5.41) is 1.28. The maximum absolute atomic E-state index is 13.0. The maximum atomic E-state index is 13.0. The molecule has 4 nitrogen and oxygen atoms in total. The first-order valence-electron chi connectivity index (χ1n) is 6.82. The van der Waals surface area contributed by atoms with Crippen LogP contribution in [0.2, 0.25) is 5.02 Å². The molecule has 1 aromatic carbocycles. The smallest absolute Gasteiger partial charge is 0.244 e. The van der Waals surface area contributed by atoms with Gasteiger partial charge in [-0.1, -0.05) is 11.6 Å². The fraction of sp³-hybridized carbons (Fsp3) is 0.429.